The van der Waals surface area contributed by atoms with Crippen molar-refractivity contribution >= 4 is 56.5 Å². The molecule has 194 valence electrons. The van der Waals surface area contributed by atoms with Crippen LogP contribution in [0.2, 0.25) is 5.02 Å². The highest BCUT2D eigenvalue weighted by Gasteiger charge is 2.22. The molecule has 0 saturated carbocycles. The maximum atomic E-state index is 14.6. The predicted molar refractivity (Wildman–Crippen MR) is 154 cm³/mol. The number of carbonyl (C=O) groups excluding carboxylic acids is 2. The summed E-state index contributed by atoms with van der Waals surface area (Å²) in [4.78, 5) is 28.8. The van der Waals surface area contributed by atoms with E-state index in [1.54, 1.807) is 72.8 Å². The molecule has 5 aromatic rings. The van der Waals surface area contributed by atoms with E-state index >= 15 is 0 Å². The summed E-state index contributed by atoms with van der Waals surface area (Å²) in [6.07, 6.45) is 1.36. The highest BCUT2D eigenvalue weighted by molar-refractivity contribution is 9.10. The number of H-pyrrole nitrogens is 1. The smallest absolute Gasteiger partial charge is 0.343 e. The average Bonchev–Trinajstić information content (AvgIpc) is 3.31. The quantitative estimate of drug-likeness (QED) is 0.0902. The summed E-state index contributed by atoms with van der Waals surface area (Å²) in [7, 11) is 0. The molecule has 0 bridgehead atoms. The van der Waals surface area contributed by atoms with E-state index < -0.39 is 17.7 Å². The second kappa shape index (κ2) is 11.2. The minimum atomic E-state index is -0.606. The third-order valence-electron chi connectivity index (χ3n) is 5.95. The van der Waals surface area contributed by atoms with Crippen LogP contribution in [0.5, 0.6) is 5.75 Å². The van der Waals surface area contributed by atoms with Gasteiger partial charge in [0.05, 0.1) is 17.3 Å². The number of rotatable bonds is 6. The number of nitrogens with one attached hydrogen (secondary N) is 2. The van der Waals surface area contributed by atoms with Gasteiger partial charge in [-0.15, -0.1) is 0 Å². The lowest BCUT2D eigenvalue weighted by Gasteiger charge is -2.09. The van der Waals surface area contributed by atoms with Gasteiger partial charge in [-0.3, -0.25) is 4.79 Å². The molecule has 6 nitrogen and oxygen atoms in total. The number of ether oxygens (including phenoxy) is 1. The lowest BCUT2D eigenvalue weighted by Crippen LogP contribution is -2.19. The molecular weight excluding hydrogens is 585 g/mol. The molecule has 0 saturated heterocycles. The Morgan fingerprint density at radius 2 is 1.82 bits per heavy atom. The van der Waals surface area contributed by atoms with Crippen LogP contribution in [0.3, 0.4) is 0 Å². The molecule has 0 radical (unpaired) electrons. The zero-order valence-electron chi connectivity index (χ0n) is 20.5. The first-order valence-corrected chi connectivity index (χ1v) is 13.0. The number of para-hydroxylation sites is 1. The van der Waals surface area contributed by atoms with Crippen molar-refractivity contribution in [3.05, 3.63) is 123 Å². The number of amides is 1. The molecule has 4 aromatic carbocycles. The van der Waals surface area contributed by atoms with E-state index in [0.717, 1.165) is 10.0 Å². The zero-order chi connectivity index (χ0) is 27.5. The number of aromatic nitrogens is 1. The van der Waals surface area contributed by atoms with Gasteiger partial charge in [0.25, 0.3) is 5.91 Å². The second-order valence-corrected chi connectivity index (χ2v) is 9.98. The summed E-state index contributed by atoms with van der Waals surface area (Å²) in [5.41, 5.74) is 5.56. The van der Waals surface area contributed by atoms with Gasteiger partial charge in [0.1, 0.15) is 17.3 Å². The second-order valence-electron chi connectivity index (χ2n) is 8.66. The Hall–Kier alpha value is -4.27. The third-order valence-corrected chi connectivity index (χ3v) is 6.77. The molecule has 0 aliphatic heterocycles. The lowest BCUT2D eigenvalue weighted by atomic mass is 10.0. The summed E-state index contributed by atoms with van der Waals surface area (Å²) >= 11 is 9.83. The Balaban J connectivity index is 1.44. The van der Waals surface area contributed by atoms with Crippen LogP contribution in [0, 0.1) is 12.7 Å². The van der Waals surface area contributed by atoms with Crippen LogP contribution in [0.25, 0.3) is 22.0 Å². The van der Waals surface area contributed by atoms with Gasteiger partial charge in [-0.2, -0.15) is 5.10 Å². The number of hydrazone groups is 1. The van der Waals surface area contributed by atoms with E-state index in [9.17, 15) is 14.0 Å². The van der Waals surface area contributed by atoms with E-state index in [2.05, 4.69) is 31.4 Å². The minimum absolute atomic E-state index is 0.0979. The van der Waals surface area contributed by atoms with Crippen molar-refractivity contribution < 1.29 is 18.7 Å². The minimum Gasteiger partial charge on any atom is -0.422 e. The van der Waals surface area contributed by atoms with E-state index in [1.807, 2.05) is 13.0 Å². The molecule has 2 N–H and O–H groups in total. The van der Waals surface area contributed by atoms with E-state index in [0.29, 0.717) is 32.7 Å². The molecule has 1 heterocycles. The van der Waals surface area contributed by atoms with Crippen LogP contribution in [-0.2, 0) is 0 Å². The fraction of sp³-hybridized carbons (Fsp3) is 0.0333. The van der Waals surface area contributed by atoms with Crippen molar-refractivity contribution in [1.82, 2.24) is 10.4 Å². The maximum absolute atomic E-state index is 14.6. The van der Waals surface area contributed by atoms with E-state index in [4.69, 9.17) is 16.3 Å². The van der Waals surface area contributed by atoms with Crippen LogP contribution < -0.4 is 10.2 Å². The molecule has 9 heteroatoms. The standard InChI is InChI=1S/C30H20BrClFN3O3/c1-17-6-4-7-18(14-17)30(38)39-25-13-12-20(31)15-19(25)16-34-36-29(37)28-26(21-8-2-3-10-23(21)32)22-9-5-11-24(33)27(22)35-28/h2-16,35H,1H3,(H,36,37). The number of nitrogens with zero attached hydrogens (tertiary/aromatic N) is 1. The van der Waals surface area contributed by atoms with Crippen molar-refractivity contribution in [2.45, 2.75) is 6.92 Å². The van der Waals surface area contributed by atoms with Crippen molar-refractivity contribution in [3.63, 3.8) is 0 Å². The summed E-state index contributed by atoms with van der Waals surface area (Å²) in [5.74, 6) is -1.38. The van der Waals surface area contributed by atoms with Gasteiger partial charge in [-0.25, -0.2) is 14.6 Å². The Morgan fingerprint density at radius 3 is 2.62 bits per heavy atom. The van der Waals surface area contributed by atoms with Gasteiger partial charge in [0.2, 0.25) is 0 Å². The summed E-state index contributed by atoms with van der Waals surface area (Å²) in [6.45, 7) is 1.88. The molecule has 5 rings (SSSR count). The zero-order valence-corrected chi connectivity index (χ0v) is 22.8. The summed E-state index contributed by atoms with van der Waals surface area (Å²) in [6, 6.07) is 23.7. The Bertz CT molecular complexity index is 1770. The van der Waals surface area contributed by atoms with E-state index in [1.165, 1.54) is 12.3 Å². The van der Waals surface area contributed by atoms with Crippen LogP contribution in [0.15, 0.2) is 94.5 Å². The van der Waals surface area contributed by atoms with Crippen molar-refractivity contribution in [2.75, 3.05) is 0 Å². The number of hydrogen-bond acceptors (Lipinski definition) is 4. The van der Waals surface area contributed by atoms with Gasteiger partial charge in [-0.1, -0.05) is 75.6 Å². The Morgan fingerprint density at radius 1 is 1.03 bits per heavy atom. The van der Waals surface area contributed by atoms with Crippen LogP contribution >= 0.6 is 27.5 Å². The average molecular weight is 605 g/mol. The number of carbonyl (C=O) groups is 2. The van der Waals surface area contributed by atoms with Crippen LogP contribution in [0.4, 0.5) is 4.39 Å². The number of esters is 1. The molecule has 0 aliphatic carbocycles. The Labute approximate surface area is 236 Å². The largest absolute Gasteiger partial charge is 0.422 e. The molecule has 39 heavy (non-hydrogen) atoms. The molecule has 0 fully saturated rings. The fourth-order valence-corrected chi connectivity index (χ4v) is 4.77. The topological polar surface area (TPSA) is 83.5 Å². The normalized spacial score (nSPS) is 11.2. The number of halogens is 3. The molecule has 0 spiro atoms. The molecule has 1 amide bonds. The highest BCUT2D eigenvalue weighted by atomic mass is 79.9. The number of fused-ring (bicyclic) bond motifs is 1. The first kappa shape index (κ1) is 26.3. The van der Waals surface area contributed by atoms with Crippen LogP contribution in [-0.4, -0.2) is 23.1 Å². The first-order chi connectivity index (χ1) is 18.8. The van der Waals surface area contributed by atoms with Gasteiger partial charge < -0.3 is 9.72 Å². The first-order valence-electron chi connectivity index (χ1n) is 11.8. The number of aromatic amines is 1. The molecule has 1 aromatic heterocycles. The fourth-order valence-electron chi connectivity index (χ4n) is 4.16. The number of benzene rings is 4. The van der Waals surface area contributed by atoms with Crippen molar-refractivity contribution in [2.24, 2.45) is 5.10 Å². The predicted octanol–water partition coefficient (Wildman–Crippen LogP) is 7.68. The molecule has 0 atom stereocenters. The maximum Gasteiger partial charge on any atom is 0.343 e. The van der Waals surface area contributed by atoms with Gasteiger partial charge in [-0.05, 0) is 49.4 Å². The lowest BCUT2D eigenvalue weighted by molar-refractivity contribution is 0.0734. The van der Waals surface area contributed by atoms with Gasteiger partial charge in [0.15, 0.2) is 0 Å². The molecular formula is C30H20BrClFN3O3. The Kier molecular flexibility index (Phi) is 7.58. The van der Waals surface area contributed by atoms with Crippen molar-refractivity contribution in [1.29, 1.82) is 0 Å². The summed E-state index contributed by atoms with van der Waals surface area (Å²) < 4.78 is 20.9. The monoisotopic (exact) mass is 603 g/mol. The van der Waals surface area contributed by atoms with Gasteiger partial charge in [0, 0.05) is 31.6 Å². The molecule has 0 aliphatic rings. The molecule has 0 unspecified atom stereocenters. The third kappa shape index (κ3) is 5.62. The van der Waals surface area contributed by atoms with E-state index in [-0.39, 0.29) is 17.0 Å². The summed E-state index contributed by atoms with van der Waals surface area (Å²) in [5, 5.41) is 5.00. The van der Waals surface area contributed by atoms with Crippen LogP contribution in [0.1, 0.15) is 32.0 Å². The number of hydrogen-bond donors (Lipinski definition) is 2. The van der Waals surface area contributed by atoms with Gasteiger partial charge >= 0.3 is 5.97 Å². The SMILES string of the molecule is Cc1cccc(C(=O)Oc2ccc(Br)cc2C=NNC(=O)c2[nH]c3c(F)cccc3c2-c2ccccc2Cl)c1. The highest BCUT2D eigenvalue weighted by Crippen LogP contribution is 2.37. The number of aryl methyl sites for hydroxylation is 1. The van der Waals surface area contributed by atoms with Crippen molar-refractivity contribution in [3.8, 4) is 16.9 Å².